The maximum atomic E-state index is 13.1. The van der Waals surface area contributed by atoms with Crippen molar-refractivity contribution in [1.29, 1.82) is 0 Å². The number of phenols is 3. The SMILES string of the molecule is O=c1cc(O)cc(C2c3c(cc(/C=C/c4ccc(O)cc4)oc3=O)OC2c2ccc(O)c(O)c2)o1. The predicted molar refractivity (Wildman–Crippen MR) is 124 cm³/mol. The van der Waals surface area contributed by atoms with Crippen LogP contribution in [0, 0.1) is 0 Å². The second-order valence-electron chi connectivity index (χ2n) is 7.94. The molecule has 2 aromatic heterocycles. The fourth-order valence-corrected chi connectivity index (χ4v) is 3.98. The van der Waals surface area contributed by atoms with Gasteiger partial charge in [0.05, 0.1) is 17.5 Å². The fourth-order valence-electron chi connectivity index (χ4n) is 3.98. The Morgan fingerprint density at radius 3 is 2.23 bits per heavy atom. The van der Waals surface area contributed by atoms with Crippen molar-refractivity contribution in [1.82, 2.24) is 0 Å². The molecule has 0 aliphatic carbocycles. The van der Waals surface area contributed by atoms with Gasteiger partial charge in [-0.25, -0.2) is 9.59 Å². The Balaban J connectivity index is 1.61. The molecule has 0 spiro atoms. The first-order chi connectivity index (χ1) is 16.8. The predicted octanol–water partition coefficient (Wildman–Crippen LogP) is 3.85. The zero-order valence-electron chi connectivity index (χ0n) is 17.9. The van der Waals surface area contributed by atoms with E-state index in [-0.39, 0.29) is 40.1 Å². The molecular weight excluding hydrogens is 456 g/mol. The first-order valence-electron chi connectivity index (χ1n) is 10.5. The van der Waals surface area contributed by atoms with Crippen molar-refractivity contribution in [3.63, 3.8) is 0 Å². The van der Waals surface area contributed by atoms with Gasteiger partial charge in [-0.1, -0.05) is 24.3 Å². The summed E-state index contributed by atoms with van der Waals surface area (Å²) >= 11 is 0. The molecule has 35 heavy (non-hydrogen) atoms. The van der Waals surface area contributed by atoms with Crippen LogP contribution >= 0.6 is 0 Å². The minimum Gasteiger partial charge on any atom is -0.508 e. The molecule has 5 rings (SSSR count). The number of hydrogen-bond acceptors (Lipinski definition) is 9. The van der Waals surface area contributed by atoms with Crippen molar-refractivity contribution in [3.05, 3.63) is 110 Å². The number of rotatable bonds is 4. The van der Waals surface area contributed by atoms with Crippen LogP contribution in [0.5, 0.6) is 28.7 Å². The highest BCUT2D eigenvalue weighted by molar-refractivity contribution is 5.68. The molecule has 2 unspecified atom stereocenters. The van der Waals surface area contributed by atoms with Gasteiger partial charge in [-0.3, -0.25) is 0 Å². The van der Waals surface area contributed by atoms with E-state index in [4.69, 9.17) is 13.6 Å². The van der Waals surface area contributed by atoms with Crippen molar-refractivity contribution in [2.75, 3.05) is 0 Å². The molecule has 0 fully saturated rings. The van der Waals surface area contributed by atoms with E-state index < -0.39 is 29.0 Å². The van der Waals surface area contributed by atoms with Gasteiger partial charge < -0.3 is 34.0 Å². The second-order valence-corrected chi connectivity index (χ2v) is 7.94. The van der Waals surface area contributed by atoms with Crippen LogP contribution in [0.15, 0.2) is 79.1 Å². The summed E-state index contributed by atoms with van der Waals surface area (Å²) in [6.45, 7) is 0. The van der Waals surface area contributed by atoms with Gasteiger partial charge in [-0.2, -0.15) is 0 Å². The van der Waals surface area contributed by atoms with Crippen LogP contribution < -0.4 is 16.0 Å². The maximum absolute atomic E-state index is 13.1. The Kier molecular flexibility index (Phi) is 5.29. The summed E-state index contributed by atoms with van der Waals surface area (Å²) in [5, 5.41) is 39.1. The molecule has 2 aromatic carbocycles. The number of ether oxygens (including phenoxy) is 1. The molecule has 0 bridgehead atoms. The first-order valence-corrected chi connectivity index (χ1v) is 10.5. The van der Waals surface area contributed by atoms with Gasteiger partial charge in [0.2, 0.25) is 0 Å². The minimum absolute atomic E-state index is 0.0361. The zero-order chi connectivity index (χ0) is 24.7. The summed E-state index contributed by atoms with van der Waals surface area (Å²) in [6, 6.07) is 14.0. The van der Waals surface area contributed by atoms with Crippen LogP contribution in [0.3, 0.4) is 0 Å². The Morgan fingerprint density at radius 2 is 1.51 bits per heavy atom. The topological polar surface area (TPSA) is 151 Å². The molecular formula is C26H18O9. The van der Waals surface area contributed by atoms with Gasteiger partial charge >= 0.3 is 11.3 Å². The highest BCUT2D eigenvalue weighted by Crippen LogP contribution is 2.49. The molecule has 0 saturated carbocycles. The standard InChI is InChI=1S/C26H18O9/c27-15-5-1-13(2-6-15)3-7-17-12-21-24(26(32)33-17)23(20-10-16(28)11-22(31)34-20)25(35-21)14-4-8-18(29)19(30)9-14/h1-12,23,25,27-30H/b7-3+. The van der Waals surface area contributed by atoms with E-state index in [1.807, 2.05) is 0 Å². The van der Waals surface area contributed by atoms with Crippen LogP contribution in [0.1, 0.15) is 40.2 Å². The normalized spacial score (nSPS) is 16.8. The van der Waals surface area contributed by atoms with Crippen molar-refractivity contribution in [2.45, 2.75) is 12.0 Å². The lowest BCUT2D eigenvalue weighted by Crippen LogP contribution is -2.17. The lowest BCUT2D eigenvalue weighted by molar-refractivity contribution is 0.208. The second kappa shape index (κ2) is 8.45. The highest BCUT2D eigenvalue weighted by Gasteiger charge is 2.42. The van der Waals surface area contributed by atoms with Gasteiger partial charge in [0.25, 0.3) is 0 Å². The third-order valence-electron chi connectivity index (χ3n) is 5.58. The van der Waals surface area contributed by atoms with Gasteiger partial charge in [-0.15, -0.1) is 0 Å². The fraction of sp³-hybridized carbons (Fsp3) is 0.0769. The van der Waals surface area contributed by atoms with Gasteiger partial charge in [0, 0.05) is 12.1 Å². The molecule has 1 aliphatic heterocycles. The molecule has 4 aromatic rings. The van der Waals surface area contributed by atoms with Crippen LogP contribution in [0.2, 0.25) is 0 Å². The van der Waals surface area contributed by atoms with E-state index in [0.29, 0.717) is 5.56 Å². The number of benzene rings is 2. The van der Waals surface area contributed by atoms with E-state index in [1.165, 1.54) is 42.5 Å². The number of phenolic OH excluding ortho intramolecular Hbond substituents is 3. The van der Waals surface area contributed by atoms with Crippen LogP contribution in [-0.4, -0.2) is 20.4 Å². The summed E-state index contributed by atoms with van der Waals surface area (Å²) in [6.07, 6.45) is 2.29. The van der Waals surface area contributed by atoms with Gasteiger partial charge in [-0.05, 0) is 41.5 Å². The average Bonchev–Trinajstić information content (AvgIpc) is 3.20. The molecule has 176 valence electrons. The molecule has 1 aliphatic rings. The molecule has 3 heterocycles. The van der Waals surface area contributed by atoms with Crippen LogP contribution in [-0.2, 0) is 0 Å². The van der Waals surface area contributed by atoms with E-state index in [2.05, 4.69) is 0 Å². The molecule has 0 amide bonds. The molecule has 2 atom stereocenters. The summed E-state index contributed by atoms with van der Waals surface area (Å²) in [7, 11) is 0. The van der Waals surface area contributed by atoms with E-state index in [0.717, 1.165) is 11.6 Å². The van der Waals surface area contributed by atoms with E-state index in [1.54, 1.807) is 24.3 Å². The first kappa shape index (κ1) is 21.9. The molecule has 4 N–H and O–H groups in total. The molecule has 9 nitrogen and oxygen atoms in total. The lowest BCUT2D eigenvalue weighted by Gasteiger charge is -2.18. The van der Waals surface area contributed by atoms with Crippen molar-refractivity contribution >= 4 is 12.2 Å². The smallest absolute Gasteiger partial charge is 0.344 e. The van der Waals surface area contributed by atoms with Crippen molar-refractivity contribution < 1.29 is 34.0 Å². The van der Waals surface area contributed by atoms with Crippen LogP contribution in [0.25, 0.3) is 12.2 Å². The monoisotopic (exact) mass is 474 g/mol. The maximum Gasteiger partial charge on any atom is 0.344 e. The Labute approximate surface area is 197 Å². The molecule has 9 heteroatoms. The Bertz CT molecular complexity index is 1560. The quantitative estimate of drug-likeness (QED) is 0.323. The third kappa shape index (κ3) is 4.22. The highest BCUT2D eigenvalue weighted by atomic mass is 16.5. The Hall–Kier alpha value is -4.92. The van der Waals surface area contributed by atoms with Gasteiger partial charge in [0.15, 0.2) is 11.5 Å². The number of fused-ring (bicyclic) bond motifs is 1. The van der Waals surface area contributed by atoms with E-state index >= 15 is 0 Å². The van der Waals surface area contributed by atoms with Gasteiger partial charge in [0.1, 0.15) is 34.9 Å². The number of hydrogen-bond donors (Lipinski definition) is 4. The minimum atomic E-state index is -0.986. The largest absolute Gasteiger partial charge is 0.508 e. The summed E-state index contributed by atoms with van der Waals surface area (Å²) in [5.41, 5.74) is -0.358. The summed E-state index contributed by atoms with van der Waals surface area (Å²) in [5.74, 6) is -1.64. The molecule has 0 saturated heterocycles. The summed E-state index contributed by atoms with van der Waals surface area (Å²) in [4.78, 5) is 25.0. The van der Waals surface area contributed by atoms with Crippen molar-refractivity contribution in [2.24, 2.45) is 0 Å². The lowest BCUT2D eigenvalue weighted by atomic mass is 9.89. The third-order valence-corrected chi connectivity index (χ3v) is 5.58. The van der Waals surface area contributed by atoms with Crippen LogP contribution in [0.4, 0.5) is 0 Å². The average molecular weight is 474 g/mol. The van der Waals surface area contributed by atoms with Crippen molar-refractivity contribution in [3.8, 4) is 28.7 Å². The number of aromatic hydroxyl groups is 4. The van der Waals surface area contributed by atoms with E-state index in [9.17, 15) is 30.0 Å². The summed E-state index contributed by atoms with van der Waals surface area (Å²) < 4.78 is 16.8. The zero-order valence-corrected chi connectivity index (χ0v) is 17.9. The Morgan fingerprint density at radius 1 is 0.743 bits per heavy atom. The molecule has 0 radical (unpaired) electrons.